The molecule has 142 valence electrons. The molecule has 0 bridgehead atoms. The fourth-order valence-corrected chi connectivity index (χ4v) is 4.10. The zero-order valence-corrected chi connectivity index (χ0v) is 15.9. The summed E-state index contributed by atoms with van der Waals surface area (Å²) in [5, 5.41) is 21.6. The van der Waals surface area contributed by atoms with Crippen LogP contribution in [0.1, 0.15) is 54.8 Å². The maximum atomic E-state index is 9.59. The van der Waals surface area contributed by atoms with Gasteiger partial charge in [-0.3, -0.25) is 5.10 Å². The number of H-pyrrole nitrogens is 1. The molecule has 6 heteroatoms. The minimum atomic E-state index is 0.476. The number of pyridine rings is 1. The Labute approximate surface area is 164 Å². The minimum absolute atomic E-state index is 0.476. The number of piperidine rings is 1. The largest absolute Gasteiger partial charge is 0.363 e. The molecule has 3 heterocycles. The molecule has 2 N–H and O–H groups in total. The van der Waals surface area contributed by atoms with E-state index in [0.717, 1.165) is 53.9 Å². The van der Waals surface area contributed by atoms with E-state index in [0.29, 0.717) is 23.8 Å². The van der Waals surface area contributed by atoms with Crippen molar-refractivity contribution in [3.05, 3.63) is 47.2 Å². The summed E-state index contributed by atoms with van der Waals surface area (Å²) in [5.41, 5.74) is 3.83. The van der Waals surface area contributed by atoms with Crippen LogP contribution in [0.4, 0.5) is 11.6 Å². The molecule has 2 aliphatic rings. The summed E-state index contributed by atoms with van der Waals surface area (Å²) in [5.74, 6) is 2.19. The summed E-state index contributed by atoms with van der Waals surface area (Å²) in [6.45, 7) is 2.71. The summed E-state index contributed by atoms with van der Waals surface area (Å²) in [7, 11) is 0. The number of rotatable bonds is 5. The van der Waals surface area contributed by atoms with Gasteiger partial charge in [0.15, 0.2) is 5.82 Å². The lowest BCUT2D eigenvalue weighted by Crippen LogP contribution is -2.31. The van der Waals surface area contributed by atoms with Crippen LogP contribution in [0, 0.1) is 11.3 Å². The second-order valence-corrected chi connectivity index (χ2v) is 7.81. The highest BCUT2D eigenvalue weighted by molar-refractivity contribution is 5.82. The van der Waals surface area contributed by atoms with Gasteiger partial charge in [-0.25, -0.2) is 4.98 Å². The van der Waals surface area contributed by atoms with Crippen LogP contribution in [0.2, 0.25) is 0 Å². The van der Waals surface area contributed by atoms with Crippen LogP contribution in [0.3, 0.4) is 0 Å². The van der Waals surface area contributed by atoms with Crippen LogP contribution in [0.15, 0.2) is 30.3 Å². The molecule has 1 saturated heterocycles. The predicted molar refractivity (Wildman–Crippen MR) is 110 cm³/mol. The normalized spacial score (nSPS) is 16.9. The number of hydrogen-bond acceptors (Lipinski definition) is 5. The van der Waals surface area contributed by atoms with Gasteiger partial charge in [-0.1, -0.05) is 18.2 Å². The summed E-state index contributed by atoms with van der Waals surface area (Å²) in [4.78, 5) is 7.39. The summed E-state index contributed by atoms with van der Waals surface area (Å²) in [6.07, 6.45) is 6.00. The number of nitrogens with zero attached hydrogens (tertiary/aromatic N) is 4. The molecular weight excluding hydrogens is 348 g/mol. The first-order valence-corrected chi connectivity index (χ1v) is 10.2. The average Bonchev–Trinajstić information content (AvgIpc) is 3.51. The van der Waals surface area contributed by atoms with Crippen molar-refractivity contribution in [2.75, 3.05) is 23.3 Å². The molecule has 6 nitrogen and oxygen atoms in total. The van der Waals surface area contributed by atoms with Crippen LogP contribution in [-0.4, -0.2) is 28.3 Å². The highest BCUT2D eigenvalue weighted by atomic mass is 15.2. The maximum absolute atomic E-state index is 9.59. The van der Waals surface area contributed by atoms with E-state index in [4.69, 9.17) is 4.98 Å². The molecule has 1 aliphatic heterocycles. The van der Waals surface area contributed by atoms with Crippen molar-refractivity contribution in [2.45, 2.75) is 44.6 Å². The molecule has 0 spiro atoms. The number of aromatic amines is 1. The molecule has 1 aliphatic carbocycles. The third-order valence-corrected chi connectivity index (χ3v) is 5.77. The molecule has 1 saturated carbocycles. The molecule has 2 aromatic heterocycles. The maximum Gasteiger partial charge on any atom is 0.166 e. The molecular formula is C22H24N6. The van der Waals surface area contributed by atoms with Crippen molar-refractivity contribution in [1.82, 2.24) is 15.2 Å². The van der Waals surface area contributed by atoms with Crippen LogP contribution < -0.4 is 10.2 Å². The second kappa shape index (κ2) is 7.16. The summed E-state index contributed by atoms with van der Waals surface area (Å²) >= 11 is 0. The Bertz CT molecular complexity index is 1040. The molecule has 5 rings (SSSR count). The number of aromatic nitrogens is 3. The molecule has 3 aromatic rings. The second-order valence-electron chi connectivity index (χ2n) is 7.81. The standard InChI is InChI=1S/C22H24N6/c23-13-18-20(15-8-9-15)26-27-21(18)24-14-17-12-16-6-2-3-7-19(16)25-22(17)28-10-4-1-5-11-28/h2-3,6-7,12,15H,1,4-5,8-11,14H2,(H2,24,26,27). The van der Waals surface area contributed by atoms with Gasteiger partial charge in [0.25, 0.3) is 0 Å². The van der Waals surface area contributed by atoms with Crippen molar-refractivity contribution < 1.29 is 0 Å². The fourth-order valence-electron chi connectivity index (χ4n) is 4.10. The topological polar surface area (TPSA) is 80.6 Å². The quantitative estimate of drug-likeness (QED) is 0.697. The van der Waals surface area contributed by atoms with Crippen molar-refractivity contribution in [1.29, 1.82) is 5.26 Å². The van der Waals surface area contributed by atoms with E-state index in [1.54, 1.807) is 0 Å². The number of benzene rings is 1. The van der Waals surface area contributed by atoms with Gasteiger partial charge in [0.1, 0.15) is 17.5 Å². The molecule has 1 aromatic carbocycles. The van der Waals surface area contributed by atoms with Crippen LogP contribution in [-0.2, 0) is 6.54 Å². The van der Waals surface area contributed by atoms with E-state index in [9.17, 15) is 5.26 Å². The van der Waals surface area contributed by atoms with Gasteiger partial charge in [0, 0.05) is 36.5 Å². The number of nitriles is 1. The third kappa shape index (κ3) is 3.18. The van der Waals surface area contributed by atoms with Crippen molar-refractivity contribution in [2.24, 2.45) is 0 Å². The number of hydrogen-bond donors (Lipinski definition) is 2. The molecule has 0 amide bonds. The zero-order valence-electron chi connectivity index (χ0n) is 15.9. The molecule has 0 unspecified atom stereocenters. The summed E-state index contributed by atoms with van der Waals surface area (Å²) in [6, 6.07) is 12.8. The van der Waals surface area contributed by atoms with Gasteiger partial charge in [-0.2, -0.15) is 10.4 Å². The Morgan fingerprint density at radius 3 is 2.79 bits per heavy atom. The Morgan fingerprint density at radius 2 is 2.00 bits per heavy atom. The lowest BCUT2D eigenvalue weighted by Gasteiger charge is -2.30. The fraction of sp³-hybridized carbons (Fsp3) is 0.409. The highest BCUT2D eigenvalue weighted by Crippen LogP contribution is 2.41. The van der Waals surface area contributed by atoms with Crippen molar-refractivity contribution in [3.8, 4) is 6.07 Å². The Morgan fingerprint density at radius 1 is 1.18 bits per heavy atom. The van der Waals surface area contributed by atoms with E-state index in [1.807, 2.05) is 12.1 Å². The van der Waals surface area contributed by atoms with E-state index in [-0.39, 0.29) is 0 Å². The predicted octanol–water partition coefficient (Wildman–Crippen LogP) is 4.31. The monoisotopic (exact) mass is 372 g/mol. The van der Waals surface area contributed by atoms with Gasteiger partial charge < -0.3 is 10.2 Å². The molecule has 0 radical (unpaired) electrons. The lowest BCUT2D eigenvalue weighted by molar-refractivity contribution is 0.572. The number of para-hydroxylation sites is 1. The smallest absolute Gasteiger partial charge is 0.166 e. The number of fused-ring (bicyclic) bond motifs is 1. The van der Waals surface area contributed by atoms with Crippen molar-refractivity contribution >= 4 is 22.5 Å². The first kappa shape index (κ1) is 17.1. The minimum Gasteiger partial charge on any atom is -0.363 e. The van der Waals surface area contributed by atoms with Crippen LogP contribution >= 0.6 is 0 Å². The van der Waals surface area contributed by atoms with Gasteiger partial charge >= 0.3 is 0 Å². The SMILES string of the molecule is N#Cc1c(NCc2cc3ccccc3nc2N2CCCCC2)n[nH]c1C1CC1. The highest BCUT2D eigenvalue weighted by Gasteiger charge is 2.30. The van der Waals surface area contributed by atoms with Crippen LogP contribution in [0.25, 0.3) is 10.9 Å². The van der Waals surface area contributed by atoms with E-state index >= 15 is 0 Å². The Hall–Kier alpha value is -3.07. The van der Waals surface area contributed by atoms with Gasteiger partial charge in [-0.15, -0.1) is 0 Å². The average molecular weight is 372 g/mol. The Kier molecular flexibility index (Phi) is 4.36. The third-order valence-electron chi connectivity index (χ3n) is 5.77. The molecule has 28 heavy (non-hydrogen) atoms. The van der Waals surface area contributed by atoms with E-state index < -0.39 is 0 Å². The number of anilines is 2. The first-order chi connectivity index (χ1) is 13.8. The van der Waals surface area contributed by atoms with Crippen molar-refractivity contribution in [3.63, 3.8) is 0 Å². The molecule has 2 fully saturated rings. The van der Waals surface area contributed by atoms with E-state index in [2.05, 4.69) is 44.7 Å². The van der Waals surface area contributed by atoms with Gasteiger partial charge in [0.05, 0.1) is 11.2 Å². The van der Waals surface area contributed by atoms with E-state index in [1.165, 1.54) is 19.3 Å². The molecule has 0 atom stereocenters. The number of nitrogens with one attached hydrogen (secondary N) is 2. The summed E-state index contributed by atoms with van der Waals surface area (Å²) < 4.78 is 0. The van der Waals surface area contributed by atoms with Gasteiger partial charge in [-0.05, 0) is 44.2 Å². The zero-order chi connectivity index (χ0) is 18.9. The first-order valence-electron chi connectivity index (χ1n) is 10.2. The lowest BCUT2D eigenvalue weighted by atomic mass is 10.1. The van der Waals surface area contributed by atoms with Gasteiger partial charge in [0.2, 0.25) is 0 Å². The van der Waals surface area contributed by atoms with Crippen LogP contribution in [0.5, 0.6) is 0 Å². The Balaban J connectivity index is 1.46.